The Bertz CT molecular complexity index is 505. The zero-order chi connectivity index (χ0) is 12.3. The van der Waals surface area contributed by atoms with Crippen molar-refractivity contribution in [2.75, 3.05) is 6.61 Å². The SMILES string of the molecule is CC(C)(CO)NCc1ccc2ccccc2c1. The lowest BCUT2D eigenvalue weighted by Gasteiger charge is -2.23. The summed E-state index contributed by atoms with van der Waals surface area (Å²) in [7, 11) is 0. The van der Waals surface area contributed by atoms with E-state index in [1.807, 2.05) is 13.8 Å². The molecular formula is C15H19NO. The highest BCUT2D eigenvalue weighted by molar-refractivity contribution is 5.82. The number of aliphatic hydroxyl groups excluding tert-OH is 1. The van der Waals surface area contributed by atoms with Gasteiger partial charge in [0.1, 0.15) is 0 Å². The van der Waals surface area contributed by atoms with Crippen molar-refractivity contribution >= 4 is 10.8 Å². The third-order valence-corrected chi connectivity index (χ3v) is 2.98. The summed E-state index contributed by atoms with van der Waals surface area (Å²) in [4.78, 5) is 0. The van der Waals surface area contributed by atoms with Gasteiger partial charge in [-0.25, -0.2) is 0 Å². The van der Waals surface area contributed by atoms with Gasteiger partial charge in [0.15, 0.2) is 0 Å². The van der Waals surface area contributed by atoms with Crippen molar-refractivity contribution in [3.8, 4) is 0 Å². The van der Waals surface area contributed by atoms with Crippen LogP contribution in [0.3, 0.4) is 0 Å². The Morgan fingerprint density at radius 1 is 1.06 bits per heavy atom. The molecule has 2 heteroatoms. The standard InChI is InChI=1S/C15H19NO/c1-15(2,11-17)16-10-12-7-8-13-5-3-4-6-14(13)9-12/h3-9,16-17H,10-11H2,1-2H3. The maximum absolute atomic E-state index is 9.18. The normalized spacial score (nSPS) is 11.9. The number of nitrogens with one attached hydrogen (secondary N) is 1. The lowest BCUT2D eigenvalue weighted by atomic mass is 10.0. The molecule has 2 nitrogen and oxygen atoms in total. The van der Waals surface area contributed by atoms with E-state index < -0.39 is 0 Å². The van der Waals surface area contributed by atoms with Crippen LogP contribution in [0.2, 0.25) is 0 Å². The van der Waals surface area contributed by atoms with Gasteiger partial charge in [0.2, 0.25) is 0 Å². The number of hydrogen-bond acceptors (Lipinski definition) is 2. The van der Waals surface area contributed by atoms with Gasteiger partial charge >= 0.3 is 0 Å². The van der Waals surface area contributed by atoms with E-state index >= 15 is 0 Å². The predicted octanol–water partition coefficient (Wildman–Crippen LogP) is 2.70. The summed E-state index contributed by atoms with van der Waals surface area (Å²) >= 11 is 0. The third kappa shape index (κ3) is 3.05. The van der Waals surface area contributed by atoms with E-state index in [0.29, 0.717) is 0 Å². The van der Waals surface area contributed by atoms with E-state index in [1.54, 1.807) is 0 Å². The molecule has 0 aliphatic rings. The Morgan fingerprint density at radius 2 is 1.76 bits per heavy atom. The van der Waals surface area contributed by atoms with Gasteiger partial charge in [-0.2, -0.15) is 0 Å². The van der Waals surface area contributed by atoms with Crippen LogP contribution in [0.25, 0.3) is 10.8 Å². The highest BCUT2D eigenvalue weighted by Gasteiger charge is 2.14. The monoisotopic (exact) mass is 229 g/mol. The van der Waals surface area contributed by atoms with Crippen molar-refractivity contribution in [2.45, 2.75) is 25.9 Å². The van der Waals surface area contributed by atoms with Gasteiger partial charge in [0, 0.05) is 12.1 Å². The predicted molar refractivity (Wildman–Crippen MR) is 72.0 cm³/mol. The first-order valence-electron chi connectivity index (χ1n) is 5.94. The molecule has 0 saturated heterocycles. The molecule has 0 spiro atoms. The molecule has 90 valence electrons. The molecule has 0 aliphatic carbocycles. The Labute approximate surface area is 102 Å². The maximum atomic E-state index is 9.18. The first-order chi connectivity index (χ1) is 8.11. The fraction of sp³-hybridized carbons (Fsp3) is 0.333. The molecule has 0 saturated carbocycles. The molecule has 2 N–H and O–H groups in total. The van der Waals surface area contributed by atoms with Crippen molar-refractivity contribution in [3.05, 3.63) is 48.0 Å². The summed E-state index contributed by atoms with van der Waals surface area (Å²) in [5.74, 6) is 0. The van der Waals surface area contributed by atoms with Crippen LogP contribution in [-0.2, 0) is 6.54 Å². The van der Waals surface area contributed by atoms with Crippen molar-refractivity contribution in [2.24, 2.45) is 0 Å². The Balaban J connectivity index is 2.14. The molecule has 0 unspecified atom stereocenters. The second kappa shape index (κ2) is 4.86. The largest absolute Gasteiger partial charge is 0.394 e. The lowest BCUT2D eigenvalue weighted by Crippen LogP contribution is -2.42. The van der Waals surface area contributed by atoms with Gasteiger partial charge in [-0.3, -0.25) is 0 Å². The number of hydrogen-bond donors (Lipinski definition) is 2. The molecule has 0 radical (unpaired) electrons. The van der Waals surface area contributed by atoms with E-state index in [-0.39, 0.29) is 12.1 Å². The topological polar surface area (TPSA) is 32.3 Å². The Morgan fingerprint density at radius 3 is 2.47 bits per heavy atom. The molecular weight excluding hydrogens is 210 g/mol. The van der Waals surface area contributed by atoms with Crippen LogP contribution in [0.15, 0.2) is 42.5 Å². The van der Waals surface area contributed by atoms with E-state index in [1.165, 1.54) is 16.3 Å². The molecule has 0 aliphatic heterocycles. The van der Waals surface area contributed by atoms with Gasteiger partial charge in [-0.15, -0.1) is 0 Å². The minimum absolute atomic E-state index is 0.139. The second-order valence-electron chi connectivity index (χ2n) is 5.08. The van der Waals surface area contributed by atoms with Crippen LogP contribution in [0.1, 0.15) is 19.4 Å². The smallest absolute Gasteiger partial charge is 0.0607 e. The van der Waals surface area contributed by atoms with Gasteiger partial charge < -0.3 is 10.4 Å². The van der Waals surface area contributed by atoms with Crippen LogP contribution in [0, 0.1) is 0 Å². The third-order valence-electron chi connectivity index (χ3n) is 2.98. The maximum Gasteiger partial charge on any atom is 0.0607 e. The average molecular weight is 229 g/mol. The molecule has 0 amide bonds. The molecule has 17 heavy (non-hydrogen) atoms. The van der Waals surface area contributed by atoms with Crippen LogP contribution in [-0.4, -0.2) is 17.3 Å². The van der Waals surface area contributed by atoms with Gasteiger partial charge in [0.05, 0.1) is 6.61 Å². The summed E-state index contributed by atoms with van der Waals surface area (Å²) in [5, 5.41) is 15.0. The zero-order valence-corrected chi connectivity index (χ0v) is 10.4. The van der Waals surface area contributed by atoms with Gasteiger partial charge in [-0.1, -0.05) is 36.4 Å². The Kier molecular flexibility index (Phi) is 3.46. The van der Waals surface area contributed by atoms with E-state index in [4.69, 9.17) is 0 Å². The minimum atomic E-state index is -0.231. The fourth-order valence-electron chi connectivity index (χ4n) is 1.75. The lowest BCUT2D eigenvalue weighted by molar-refractivity contribution is 0.187. The van der Waals surface area contributed by atoms with E-state index in [9.17, 15) is 5.11 Å². The summed E-state index contributed by atoms with van der Waals surface area (Å²) in [6.45, 7) is 4.90. The Hall–Kier alpha value is -1.38. The van der Waals surface area contributed by atoms with Crippen molar-refractivity contribution in [3.63, 3.8) is 0 Å². The number of fused-ring (bicyclic) bond motifs is 1. The van der Waals surface area contributed by atoms with Crippen molar-refractivity contribution in [1.82, 2.24) is 5.32 Å². The average Bonchev–Trinajstić information content (AvgIpc) is 2.36. The molecule has 0 aromatic heterocycles. The molecule has 2 aromatic carbocycles. The van der Waals surface area contributed by atoms with Crippen LogP contribution < -0.4 is 5.32 Å². The van der Waals surface area contributed by atoms with Crippen molar-refractivity contribution < 1.29 is 5.11 Å². The molecule has 0 bridgehead atoms. The van der Waals surface area contributed by atoms with Crippen LogP contribution in [0.4, 0.5) is 0 Å². The van der Waals surface area contributed by atoms with Crippen LogP contribution in [0.5, 0.6) is 0 Å². The van der Waals surface area contributed by atoms with Crippen molar-refractivity contribution in [1.29, 1.82) is 0 Å². The second-order valence-corrected chi connectivity index (χ2v) is 5.08. The van der Waals surface area contributed by atoms with Crippen LogP contribution >= 0.6 is 0 Å². The van der Waals surface area contributed by atoms with Gasteiger partial charge in [0.25, 0.3) is 0 Å². The minimum Gasteiger partial charge on any atom is -0.394 e. The number of benzene rings is 2. The molecule has 0 fully saturated rings. The first-order valence-corrected chi connectivity index (χ1v) is 5.94. The summed E-state index contributed by atoms with van der Waals surface area (Å²) in [5.41, 5.74) is 1.01. The summed E-state index contributed by atoms with van der Waals surface area (Å²) < 4.78 is 0. The quantitative estimate of drug-likeness (QED) is 0.845. The number of aliphatic hydroxyl groups is 1. The molecule has 0 heterocycles. The zero-order valence-electron chi connectivity index (χ0n) is 10.4. The highest BCUT2D eigenvalue weighted by Crippen LogP contribution is 2.16. The van der Waals surface area contributed by atoms with E-state index in [0.717, 1.165) is 6.54 Å². The molecule has 2 rings (SSSR count). The fourth-order valence-corrected chi connectivity index (χ4v) is 1.75. The van der Waals surface area contributed by atoms with E-state index in [2.05, 4.69) is 47.8 Å². The number of rotatable bonds is 4. The molecule has 0 atom stereocenters. The molecule has 2 aromatic rings. The summed E-state index contributed by atoms with van der Waals surface area (Å²) in [6.07, 6.45) is 0. The highest BCUT2D eigenvalue weighted by atomic mass is 16.3. The summed E-state index contributed by atoms with van der Waals surface area (Å²) in [6, 6.07) is 14.8. The van der Waals surface area contributed by atoms with Gasteiger partial charge in [-0.05, 0) is 36.2 Å². The first kappa shape index (κ1) is 12.1.